The molecule has 1 unspecified atom stereocenters. The standard InChI is InChI=1S/C27H23F2N3O5/c1-37-21(33)11-9-15-5-4-12-31-24(15)27(36)19-7-3-2-6-18(19)23(30)22(25(27)34)26(35)32-14-16-8-10-17(28)13-20(16)29/h2-8,10,12-13,36H,9,11,14,30H2,1H3,(H,32,35). The lowest BCUT2D eigenvalue weighted by Gasteiger charge is -2.34. The van der Waals surface area contributed by atoms with E-state index in [1.165, 1.54) is 25.4 Å². The number of halogens is 2. The van der Waals surface area contributed by atoms with Gasteiger partial charge in [-0.1, -0.05) is 36.4 Å². The second kappa shape index (κ2) is 10.3. The van der Waals surface area contributed by atoms with Gasteiger partial charge in [-0.05, 0) is 24.1 Å². The molecule has 4 rings (SSSR count). The molecular formula is C27H23F2N3O5. The average Bonchev–Trinajstić information content (AvgIpc) is 2.90. The van der Waals surface area contributed by atoms with Crippen molar-refractivity contribution in [2.45, 2.75) is 25.0 Å². The first-order chi connectivity index (χ1) is 17.7. The number of fused-ring (bicyclic) bond motifs is 1. The molecule has 0 aliphatic heterocycles. The molecule has 10 heteroatoms. The second-order valence-electron chi connectivity index (χ2n) is 8.38. The number of carbonyl (C=O) groups excluding carboxylic acids is 3. The Bertz CT molecular complexity index is 1440. The number of ether oxygens (including phenoxy) is 1. The van der Waals surface area contributed by atoms with Crippen LogP contribution >= 0.6 is 0 Å². The third-order valence-electron chi connectivity index (χ3n) is 6.17. The van der Waals surface area contributed by atoms with E-state index < -0.39 is 40.5 Å². The number of pyridine rings is 1. The number of rotatable bonds is 7. The Hall–Kier alpha value is -4.44. The van der Waals surface area contributed by atoms with Crippen molar-refractivity contribution in [2.75, 3.05) is 7.11 Å². The van der Waals surface area contributed by atoms with E-state index in [0.717, 1.165) is 6.07 Å². The maximum absolute atomic E-state index is 14.1. The lowest BCUT2D eigenvalue weighted by Crippen LogP contribution is -2.47. The van der Waals surface area contributed by atoms with Gasteiger partial charge in [0.1, 0.15) is 17.2 Å². The monoisotopic (exact) mass is 507 g/mol. The molecule has 0 saturated carbocycles. The highest BCUT2D eigenvalue weighted by Crippen LogP contribution is 2.42. The SMILES string of the molecule is COC(=O)CCc1cccnc1C1(O)C(=O)C(C(=O)NCc2ccc(F)cc2F)=C(N)c2ccccc21. The molecule has 3 aromatic rings. The highest BCUT2D eigenvalue weighted by atomic mass is 19.1. The fourth-order valence-electron chi connectivity index (χ4n) is 4.29. The molecule has 1 atom stereocenters. The Kier molecular flexibility index (Phi) is 7.12. The molecule has 0 saturated heterocycles. The van der Waals surface area contributed by atoms with E-state index >= 15 is 0 Å². The summed E-state index contributed by atoms with van der Waals surface area (Å²) in [6.45, 7) is -0.358. The second-order valence-corrected chi connectivity index (χ2v) is 8.38. The number of esters is 1. The molecule has 0 fully saturated rings. The van der Waals surface area contributed by atoms with Gasteiger partial charge in [-0.2, -0.15) is 0 Å². The van der Waals surface area contributed by atoms with Crippen molar-refractivity contribution >= 4 is 23.4 Å². The molecule has 1 aliphatic rings. The van der Waals surface area contributed by atoms with Gasteiger partial charge in [-0.3, -0.25) is 19.4 Å². The summed E-state index contributed by atoms with van der Waals surface area (Å²) in [7, 11) is 1.25. The molecule has 2 aromatic carbocycles. The van der Waals surface area contributed by atoms with E-state index in [2.05, 4.69) is 15.0 Å². The first-order valence-electron chi connectivity index (χ1n) is 11.3. The van der Waals surface area contributed by atoms with Crippen LogP contribution in [-0.4, -0.2) is 34.9 Å². The third kappa shape index (κ3) is 4.70. The fourth-order valence-corrected chi connectivity index (χ4v) is 4.29. The van der Waals surface area contributed by atoms with E-state index in [1.54, 1.807) is 30.3 Å². The van der Waals surface area contributed by atoms with Gasteiger partial charge in [0.25, 0.3) is 5.91 Å². The molecule has 37 heavy (non-hydrogen) atoms. The number of amides is 1. The Labute approximate surface area is 210 Å². The van der Waals surface area contributed by atoms with E-state index in [4.69, 9.17) is 5.73 Å². The highest BCUT2D eigenvalue weighted by molar-refractivity contribution is 6.29. The maximum Gasteiger partial charge on any atom is 0.305 e. The highest BCUT2D eigenvalue weighted by Gasteiger charge is 2.50. The number of hydrogen-bond donors (Lipinski definition) is 3. The lowest BCUT2D eigenvalue weighted by atomic mass is 9.73. The number of nitrogens with two attached hydrogens (primary N) is 1. The summed E-state index contributed by atoms with van der Waals surface area (Å²) < 4.78 is 32.0. The number of benzene rings is 2. The van der Waals surface area contributed by atoms with Crippen molar-refractivity contribution in [1.82, 2.24) is 10.3 Å². The van der Waals surface area contributed by atoms with Gasteiger partial charge < -0.3 is 20.9 Å². The van der Waals surface area contributed by atoms with Crippen molar-refractivity contribution in [3.05, 3.63) is 106 Å². The Balaban J connectivity index is 1.76. The van der Waals surface area contributed by atoms with E-state index in [1.807, 2.05) is 0 Å². The molecule has 1 amide bonds. The van der Waals surface area contributed by atoms with Gasteiger partial charge in [0, 0.05) is 41.9 Å². The van der Waals surface area contributed by atoms with Crippen LogP contribution in [0.2, 0.25) is 0 Å². The summed E-state index contributed by atoms with van der Waals surface area (Å²) in [5.74, 6) is -4.12. The van der Waals surface area contributed by atoms with Gasteiger partial charge in [0.15, 0.2) is 5.60 Å². The van der Waals surface area contributed by atoms with Crippen LogP contribution in [-0.2, 0) is 37.7 Å². The normalized spacial score (nSPS) is 16.8. The molecule has 0 bridgehead atoms. The van der Waals surface area contributed by atoms with E-state index in [9.17, 15) is 28.3 Å². The number of hydrogen-bond acceptors (Lipinski definition) is 7. The number of Topliss-reactive ketones (excluding diaryl/α,β-unsaturated/α-hetero) is 1. The zero-order chi connectivity index (χ0) is 26.7. The van der Waals surface area contributed by atoms with Crippen LogP contribution in [0.1, 0.15) is 34.4 Å². The summed E-state index contributed by atoms with van der Waals surface area (Å²) in [5, 5.41) is 14.4. The van der Waals surface area contributed by atoms with Gasteiger partial charge >= 0.3 is 5.97 Å². The zero-order valence-corrected chi connectivity index (χ0v) is 19.8. The Morgan fingerprint density at radius 1 is 1.11 bits per heavy atom. The quantitative estimate of drug-likeness (QED) is 0.330. The topological polar surface area (TPSA) is 132 Å². The number of ketones is 1. The molecule has 1 aliphatic carbocycles. The average molecular weight is 507 g/mol. The van der Waals surface area contributed by atoms with Gasteiger partial charge in [0.2, 0.25) is 5.78 Å². The zero-order valence-electron chi connectivity index (χ0n) is 19.8. The summed E-state index contributed by atoms with van der Waals surface area (Å²) in [6, 6.07) is 12.4. The fraction of sp³-hybridized carbons (Fsp3) is 0.185. The molecule has 8 nitrogen and oxygen atoms in total. The number of aryl methyl sites for hydroxylation is 1. The smallest absolute Gasteiger partial charge is 0.305 e. The van der Waals surface area contributed by atoms with Crippen molar-refractivity contribution in [3.63, 3.8) is 0 Å². The maximum atomic E-state index is 14.1. The van der Waals surface area contributed by atoms with Crippen molar-refractivity contribution in [3.8, 4) is 0 Å². The molecular weight excluding hydrogens is 484 g/mol. The van der Waals surface area contributed by atoms with Crippen molar-refractivity contribution < 1.29 is 33.0 Å². The molecule has 1 heterocycles. The number of nitrogens with one attached hydrogen (secondary N) is 1. The van der Waals surface area contributed by atoms with Crippen molar-refractivity contribution in [2.24, 2.45) is 5.73 Å². The summed E-state index contributed by atoms with van der Waals surface area (Å²) in [5.41, 5.74) is 3.82. The van der Waals surface area contributed by atoms with Crippen LogP contribution < -0.4 is 11.1 Å². The minimum atomic E-state index is -2.40. The molecule has 190 valence electrons. The van der Waals surface area contributed by atoms with Crippen LogP contribution in [0, 0.1) is 11.6 Å². The minimum absolute atomic E-state index is 0.0114. The number of methoxy groups -OCH3 is 1. The first-order valence-corrected chi connectivity index (χ1v) is 11.3. The Morgan fingerprint density at radius 3 is 2.59 bits per heavy atom. The lowest BCUT2D eigenvalue weighted by molar-refractivity contribution is -0.140. The van der Waals surface area contributed by atoms with Crippen LogP contribution in [0.25, 0.3) is 5.70 Å². The number of aliphatic hydroxyl groups is 1. The third-order valence-corrected chi connectivity index (χ3v) is 6.17. The summed E-state index contributed by atoms with van der Waals surface area (Å²) >= 11 is 0. The van der Waals surface area contributed by atoms with E-state index in [0.29, 0.717) is 11.6 Å². The van der Waals surface area contributed by atoms with Crippen LogP contribution in [0.15, 0.2) is 66.4 Å². The number of nitrogens with zero attached hydrogens (tertiary/aromatic N) is 1. The Morgan fingerprint density at radius 2 is 1.86 bits per heavy atom. The molecule has 0 radical (unpaired) electrons. The number of aromatic nitrogens is 1. The number of carbonyl (C=O) groups is 3. The minimum Gasteiger partial charge on any atom is -0.469 e. The van der Waals surface area contributed by atoms with Gasteiger partial charge in [-0.15, -0.1) is 0 Å². The van der Waals surface area contributed by atoms with Crippen LogP contribution in [0.5, 0.6) is 0 Å². The van der Waals surface area contributed by atoms with Gasteiger partial charge in [-0.25, -0.2) is 8.78 Å². The molecule has 0 spiro atoms. The largest absolute Gasteiger partial charge is 0.469 e. The molecule has 1 aromatic heterocycles. The predicted octanol–water partition coefficient (Wildman–Crippen LogP) is 2.27. The molecule has 4 N–H and O–H groups in total. The first kappa shape index (κ1) is 25.6. The predicted molar refractivity (Wildman–Crippen MR) is 128 cm³/mol. The van der Waals surface area contributed by atoms with Crippen molar-refractivity contribution in [1.29, 1.82) is 0 Å². The summed E-state index contributed by atoms with van der Waals surface area (Å²) in [6.07, 6.45) is 1.46. The summed E-state index contributed by atoms with van der Waals surface area (Å²) in [4.78, 5) is 43.0. The van der Waals surface area contributed by atoms with Crippen LogP contribution in [0.3, 0.4) is 0 Å². The van der Waals surface area contributed by atoms with Gasteiger partial charge in [0.05, 0.1) is 18.5 Å². The van der Waals surface area contributed by atoms with Crippen LogP contribution in [0.4, 0.5) is 8.78 Å². The van der Waals surface area contributed by atoms with E-state index in [-0.39, 0.29) is 47.5 Å².